The van der Waals surface area contributed by atoms with Crippen LogP contribution < -0.4 is 5.32 Å². The molecule has 2 aliphatic rings. The highest BCUT2D eigenvalue weighted by Gasteiger charge is 2.39. The summed E-state index contributed by atoms with van der Waals surface area (Å²) in [5.74, 6) is 0.471. The molecule has 0 amide bonds. The third kappa shape index (κ3) is 3.03. The Morgan fingerprint density at radius 2 is 2.22 bits per heavy atom. The van der Waals surface area contributed by atoms with Crippen LogP contribution in [0.15, 0.2) is 11.6 Å². The molecule has 102 valence electrons. The minimum atomic E-state index is -0.0802. The normalized spacial score (nSPS) is 29.5. The Bertz CT molecular complexity index is 308. The van der Waals surface area contributed by atoms with Crippen LogP contribution in [0.1, 0.15) is 64.7 Å². The largest absolute Gasteiger partial charge is 0.316 e. The van der Waals surface area contributed by atoms with Gasteiger partial charge in [-0.1, -0.05) is 25.8 Å². The zero-order chi connectivity index (χ0) is 12.8. The smallest absolute Gasteiger partial charge is 0.165 e. The summed E-state index contributed by atoms with van der Waals surface area (Å²) in [6, 6.07) is 0. The summed E-state index contributed by atoms with van der Waals surface area (Å²) in [5, 5.41) is 3.45. The van der Waals surface area contributed by atoms with Crippen LogP contribution in [0.4, 0.5) is 0 Å². The van der Waals surface area contributed by atoms with E-state index in [1.807, 2.05) is 0 Å². The van der Waals surface area contributed by atoms with Gasteiger partial charge in [0.1, 0.15) is 0 Å². The van der Waals surface area contributed by atoms with Gasteiger partial charge in [0.2, 0.25) is 0 Å². The monoisotopic (exact) mass is 249 g/mol. The number of hydrogen-bond acceptors (Lipinski definition) is 2. The highest BCUT2D eigenvalue weighted by Crippen LogP contribution is 2.36. The standard InChI is InChI=1S/C16H27NO/c1-2-10-16(11-7-12-17-13-16)15(18)14-8-5-3-4-6-9-14/h8,17H,2-7,9-13H2,1H3. The highest BCUT2D eigenvalue weighted by atomic mass is 16.1. The fraction of sp³-hybridized carbons (Fsp3) is 0.812. The zero-order valence-corrected chi connectivity index (χ0v) is 11.8. The summed E-state index contributed by atoms with van der Waals surface area (Å²) >= 11 is 0. The molecule has 1 atom stereocenters. The first-order valence-electron chi connectivity index (χ1n) is 7.73. The number of Topliss-reactive ketones (excluding diaryl/α,β-unsaturated/α-hetero) is 1. The van der Waals surface area contributed by atoms with E-state index in [1.54, 1.807) is 0 Å². The SMILES string of the molecule is CCCC1(C(=O)C2=CCCCCC2)CCCNC1. The lowest BCUT2D eigenvalue weighted by Gasteiger charge is -2.37. The third-order valence-electron chi connectivity index (χ3n) is 4.52. The lowest BCUT2D eigenvalue weighted by Crippen LogP contribution is -2.46. The van der Waals surface area contributed by atoms with Gasteiger partial charge in [-0.05, 0) is 57.1 Å². The fourth-order valence-electron chi connectivity index (χ4n) is 3.53. The van der Waals surface area contributed by atoms with Crippen molar-refractivity contribution in [3.63, 3.8) is 0 Å². The maximum atomic E-state index is 12.9. The predicted octanol–water partition coefficient (Wildman–Crippen LogP) is 3.62. The molecule has 1 aliphatic heterocycles. The van der Waals surface area contributed by atoms with E-state index in [0.717, 1.165) is 57.2 Å². The maximum Gasteiger partial charge on any atom is 0.165 e. The van der Waals surface area contributed by atoms with Gasteiger partial charge < -0.3 is 5.32 Å². The molecule has 1 unspecified atom stereocenters. The summed E-state index contributed by atoms with van der Waals surface area (Å²) in [6.07, 6.45) is 12.5. The Labute approximate surface area is 111 Å². The van der Waals surface area contributed by atoms with Crippen LogP contribution in [-0.2, 0) is 4.79 Å². The van der Waals surface area contributed by atoms with Crippen molar-refractivity contribution in [1.82, 2.24) is 5.32 Å². The minimum absolute atomic E-state index is 0.0802. The molecule has 1 heterocycles. The molecule has 1 saturated heterocycles. The Hall–Kier alpha value is -0.630. The van der Waals surface area contributed by atoms with Crippen LogP contribution in [-0.4, -0.2) is 18.9 Å². The molecule has 0 aromatic heterocycles. The molecule has 2 nitrogen and oxygen atoms in total. The highest BCUT2D eigenvalue weighted by molar-refractivity contribution is 6.00. The second-order valence-corrected chi connectivity index (χ2v) is 5.97. The minimum Gasteiger partial charge on any atom is -0.316 e. The number of nitrogens with one attached hydrogen (secondary N) is 1. The van der Waals surface area contributed by atoms with Gasteiger partial charge in [-0.15, -0.1) is 0 Å². The van der Waals surface area contributed by atoms with Crippen LogP contribution in [0, 0.1) is 5.41 Å². The first-order valence-corrected chi connectivity index (χ1v) is 7.73. The third-order valence-corrected chi connectivity index (χ3v) is 4.52. The molecule has 0 aromatic rings. The first-order chi connectivity index (χ1) is 8.78. The van der Waals surface area contributed by atoms with Gasteiger partial charge in [0.15, 0.2) is 5.78 Å². The van der Waals surface area contributed by atoms with Crippen LogP contribution in [0.2, 0.25) is 0 Å². The van der Waals surface area contributed by atoms with Crippen molar-refractivity contribution in [2.24, 2.45) is 5.41 Å². The molecular formula is C16H27NO. The van der Waals surface area contributed by atoms with Gasteiger partial charge in [-0.3, -0.25) is 4.79 Å². The second kappa shape index (κ2) is 6.51. The van der Waals surface area contributed by atoms with Crippen LogP contribution in [0.3, 0.4) is 0 Å². The Balaban J connectivity index is 2.13. The van der Waals surface area contributed by atoms with Crippen molar-refractivity contribution in [3.8, 4) is 0 Å². The molecule has 0 bridgehead atoms. The number of hydrogen-bond donors (Lipinski definition) is 1. The molecule has 1 aliphatic carbocycles. The van der Waals surface area contributed by atoms with E-state index < -0.39 is 0 Å². The van der Waals surface area contributed by atoms with E-state index in [4.69, 9.17) is 0 Å². The molecule has 0 radical (unpaired) electrons. The number of piperidine rings is 1. The van der Waals surface area contributed by atoms with E-state index in [9.17, 15) is 4.79 Å². The average molecular weight is 249 g/mol. The van der Waals surface area contributed by atoms with Crippen molar-refractivity contribution >= 4 is 5.78 Å². The van der Waals surface area contributed by atoms with E-state index in [2.05, 4.69) is 18.3 Å². The Kier molecular flexibility index (Phi) is 4.99. The van der Waals surface area contributed by atoms with Crippen LogP contribution in [0.5, 0.6) is 0 Å². The van der Waals surface area contributed by atoms with Crippen LogP contribution in [0.25, 0.3) is 0 Å². The Morgan fingerprint density at radius 1 is 1.33 bits per heavy atom. The summed E-state index contributed by atoms with van der Waals surface area (Å²) in [5.41, 5.74) is 1.06. The Morgan fingerprint density at radius 3 is 2.94 bits per heavy atom. The van der Waals surface area contributed by atoms with Crippen LogP contribution >= 0.6 is 0 Å². The van der Waals surface area contributed by atoms with Crippen molar-refractivity contribution in [2.75, 3.05) is 13.1 Å². The van der Waals surface area contributed by atoms with Gasteiger partial charge >= 0.3 is 0 Å². The van der Waals surface area contributed by atoms with E-state index in [1.165, 1.54) is 19.3 Å². The van der Waals surface area contributed by atoms with Crippen molar-refractivity contribution in [2.45, 2.75) is 64.7 Å². The van der Waals surface area contributed by atoms with Gasteiger partial charge in [-0.25, -0.2) is 0 Å². The number of ketones is 1. The summed E-state index contributed by atoms with van der Waals surface area (Å²) in [7, 11) is 0. The quantitative estimate of drug-likeness (QED) is 0.824. The van der Waals surface area contributed by atoms with E-state index >= 15 is 0 Å². The lowest BCUT2D eigenvalue weighted by molar-refractivity contribution is -0.126. The van der Waals surface area contributed by atoms with Gasteiger partial charge in [-0.2, -0.15) is 0 Å². The molecule has 0 aromatic carbocycles. The maximum absolute atomic E-state index is 12.9. The summed E-state index contributed by atoms with van der Waals surface area (Å²) in [4.78, 5) is 12.9. The van der Waals surface area contributed by atoms with Gasteiger partial charge in [0, 0.05) is 12.0 Å². The predicted molar refractivity (Wildman–Crippen MR) is 75.6 cm³/mol. The number of carbonyl (C=O) groups is 1. The molecule has 0 saturated carbocycles. The number of allylic oxidation sites excluding steroid dienone is 2. The summed E-state index contributed by atoms with van der Waals surface area (Å²) < 4.78 is 0. The molecule has 0 spiro atoms. The number of rotatable bonds is 4. The average Bonchev–Trinajstić information content (AvgIpc) is 2.68. The van der Waals surface area contributed by atoms with E-state index in [0.29, 0.717) is 5.78 Å². The lowest BCUT2D eigenvalue weighted by atomic mass is 9.71. The van der Waals surface area contributed by atoms with Crippen molar-refractivity contribution < 1.29 is 4.79 Å². The molecular weight excluding hydrogens is 222 g/mol. The molecule has 2 rings (SSSR count). The van der Waals surface area contributed by atoms with Gasteiger partial charge in [0.25, 0.3) is 0 Å². The molecule has 2 heteroatoms. The first kappa shape index (κ1) is 13.8. The van der Waals surface area contributed by atoms with E-state index in [-0.39, 0.29) is 5.41 Å². The molecule has 18 heavy (non-hydrogen) atoms. The zero-order valence-electron chi connectivity index (χ0n) is 11.8. The van der Waals surface area contributed by atoms with Crippen molar-refractivity contribution in [1.29, 1.82) is 0 Å². The van der Waals surface area contributed by atoms with Gasteiger partial charge in [0.05, 0.1) is 0 Å². The topological polar surface area (TPSA) is 29.1 Å². The number of carbonyl (C=O) groups excluding carboxylic acids is 1. The second-order valence-electron chi connectivity index (χ2n) is 5.97. The summed E-state index contributed by atoms with van der Waals surface area (Å²) in [6.45, 7) is 4.18. The molecule has 1 N–H and O–H groups in total. The fourth-order valence-corrected chi connectivity index (χ4v) is 3.53. The molecule has 1 fully saturated rings. The van der Waals surface area contributed by atoms with Crippen molar-refractivity contribution in [3.05, 3.63) is 11.6 Å².